The number of esters is 2. The molecule has 358 valence electrons. The summed E-state index contributed by atoms with van der Waals surface area (Å²) in [6.07, 6.45) is 64.7. The molecule has 0 aliphatic heterocycles. The minimum atomic E-state index is -1.14. The number of rotatable bonds is 41. The molecule has 0 radical (unpaired) electrons. The zero-order valence-electron chi connectivity index (χ0n) is 40.6. The highest BCUT2D eigenvalue weighted by Crippen LogP contribution is 2.12. The monoisotopic (exact) mass is 886 g/mol. The van der Waals surface area contributed by atoms with E-state index in [1.807, 2.05) is 72.9 Å². The predicted octanol–water partition coefficient (Wildman–Crippen LogP) is 12.6. The van der Waals surface area contributed by atoms with Crippen molar-refractivity contribution in [3.05, 3.63) is 134 Å². The molecule has 0 N–H and O–H groups in total. The van der Waals surface area contributed by atoms with Crippen LogP contribution in [0.25, 0.3) is 0 Å². The number of likely N-dealkylation sites (N-methyl/N-ethyl adjacent to an activating group) is 1. The van der Waals surface area contributed by atoms with Crippen LogP contribution in [0.3, 0.4) is 0 Å². The van der Waals surface area contributed by atoms with Gasteiger partial charge in [0.05, 0.1) is 40.3 Å². The highest BCUT2D eigenvalue weighted by atomic mass is 16.6. The number of carboxylic acids is 1. The minimum Gasteiger partial charge on any atom is -0.544 e. The first-order valence-electron chi connectivity index (χ1n) is 24.3. The molecule has 8 nitrogen and oxygen atoms in total. The summed E-state index contributed by atoms with van der Waals surface area (Å²) in [7, 11) is 5.37. The Morgan fingerprint density at radius 1 is 0.500 bits per heavy atom. The Labute approximate surface area is 390 Å². The number of ether oxygens (including phenoxy) is 3. The largest absolute Gasteiger partial charge is 0.544 e. The topological polar surface area (TPSA) is 102 Å². The van der Waals surface area contributed by atoms with E-state index >= 15 is 0 Å². The van der Waals surface area contributed by atoms with Crippen LogP contribution in [0.2, 0.25) is 0 Å². The third kappa shape index (κ3) is 42.8. The van der Waals surface area contributed by atoms with Gasteiger partial charge in [0, 0.05) is 19.3 Å². The molecule has 0 aliphatic rings. The van der Waals surface area contributed by atoms with Gasteiger partial charge < -0.3 is 28.6 Å². The van der Waals surface area contributed by atoms with Crippen molar-refractivity contribution >= 4 is 17.9 Å². The first-order chi connectivity index (χ1) is 31.1. The van der Waals surface area contributed by atoms with Crippen LogP contribution in [0.1, 0.15) is 149 Å². The van der Waals surface area contributed by atoms with Gasteiger partial charge in [-0.2, -0.15) is 0 Å². The van der Waals surface area contributed by atoms with Gasteiger partial charge in [-0.15, -0.1) is 0 Å². The minimum absolute atomic E-state index is 0.00496. The lowest BCUT2D eigenvalue weighted by molar-refractivity contribution is -0.889. The molecule has 0 aromatic carbocycles. The smallest absolute Gasteiger partial charge is 0.306 e. The summed E-state index contributed by atoms with van der Waals surface area (Å²) in [6.45, 7) is 4.39. The van der Waals surface area contributed by atoms with Crippen molar-refractivity contribution in [2.45, 2.75) is 161 Å². The summed E-state index contributed by atoms with van der Waals surface area (Å²) in [5.74, 6) is -1.84. The van der Waals surface area contributed by atoms with Crippen molar-refractivity contribution in [2.24, 2.45) is 0 Å². The summed E-state index contributed by atoms with van der Waals surface area (Å²) in [4.78, 5) is 37.0. The molecule has 2 atom stereocenters. The van der Waals surface area contributed by atoms with E-state index in [1.165, 1.54) is 25.7 Å². The van der Waals surface area contributed by atoms with Crippen molar-refractivity contribution < 1.29 is 38.2 Å². The molecule has 0 aromatic heterocycles. The number of hydrogen-bond donors (Lipinski definition) is 0. The van der Waals surface area contributed by atoms with E-state index in [0.717, 1.165) is 83.5 Å². The highest BCUT2D eigenvalue weighted by molar-refractivity contribution is 5.70. The Bertz CT molecular complexity index is 1500. The average Bonchev–Trinajstić information content (AvgIpc) is 3.26. The average molecular weight is 886 g/mol. The SMILES string of the molecule is CC/C=C/C=C/C=C/C=C/C=C/C=C/C=C/CCCCCC(=O)OC(COCCC(C(=O)[O-])[N+](C)(C)C)COC(=O)CCCCCCC/C=C/C/C=C/C/C=C/C/C=C/CCCCC. The van der Waals surface area contributed by atoms with Crippen LogP contribution in [0.5, 0.6) is 0 Å². The van der Waals surface area contributed by atoms with Gasteiger partial charge in [-0.05, 0) is 77.0 Å². The van der Waals surface area contributed by atoms with Crippen LogP contribution < -0.4 is 5.11 Å². The molecule has 0 heterocycles. The standard InChI is InChI=1S/C56H87NO7/c1-6-8-10-12-14-16-18-20-22-24-26-27-29-30-32-34-36-38-40-42-44-46-54(58)63-51-52(50-62-49-48-53(56(60)61)57(3,4)5)64-55(59)47-45-43-41-39-37-35-33-31-28-25-23-21-19-17-15-13-11-9-7-2/h9,11,13-17,19-23,25-28,30-33,35,37,52-53H,6-8,10,12,18,24,29,34,36,38-51H2,1-5H3/b11-9+,15-13+,16-14+,19-17+,22-20+,23-21+,27-26+,28-25+,32-30+,33-31+,37-35+. The Balaban J connectivity index is 4.47. The van der Waals surface area contributed by atoms with E-state index in [2.05, 4.69) is 74.6 Å². The van der Waals surface area contributed by atoms with Crippen LogP contribution in [0.15, 0.2) is 134 Å². The van der Waals surface area contributed by atoms with Crippen LogP contribution in [-0.2, 0) is 28.6 Å². The maximum absolute atomic E-state index is 12.8. The van der Waals surface area contributed by atoms with Gasteiger partial charge in [0.1, 0.15) is 12.6 Å². The lowest BCUT2D eigenvalue weighted by Gasteiger charge is -2.34. The van der Waals surface area contributed by atoms with Gasteiger partial charge in [-0.1, -0.05) is 186 Å². The fraction of sp³-hybridized carbons (Fsp3) is 0.554. The second-order valence-corrected chi connectivity index (χ2v) is 16.8. The van der Waals surface area contributed by atoms with Crippen LogP contribution in [0.4, 0.5) is 0 Å². The molecule has 0 saturated heterocycles. The van der Waals surface area contributed by atoms with Gasteiger partial charge >= 0.3 is 11.9 Å². The van der Waals surface area contributed by atoms with Gasteiger partial charge in [-0.3, -0.25) is 9.59 Å². The highest BCUT2D eigenvalue weighted by Gasteiger charge is 2.25. The lowest BCUT2D eigenvalue weighted by atomic mass is 10.1. The first-order valence-corrected chi connectivity index (χ1v) is 24.3. The predicted molar refractivity (Wildman–Crippen MR) is 267 cm³/mol. The molecule has 0 spiro atoms. The van der Waals surface area contributed by atoms with Crippen LogP contribution in [-0.4, -0.2) is 75.5 Å². The Morgan fingerprint density at radius 3 is 1.45 bits per heavy atom. The number of quaternary nitrogens is 1. The van der Waals surface area contributed by atoms with E-state index in [0.29, 0.717) is 12.8 Å². The Kier molecular flexibility index (Phi) is 41.9. The summed E-state index contributed by atoms with van der Waals surface area (Å²) in [6, 6.07) is -0.748. The molecule has 64 heavy (non-hydrogen) atoms. The molecule has 8 heteroatoms. The number of unbranched alkanes of at least 4 members (excludes halogenated alkanes) is 11. The number of allylic oxidation sites excluding steroid dienone is 22. The lowest BCUT2D eigenvalue weighted by Crippen LogP contribution is -2.55. The zero-order valence-corrected chi connectivity index (χ0v) is 40.6. The van der Waals surface area contributed by atoms with Gasteiger partial charge in [0.2, 0.25) is 0 Å². The normalized spacial score (nSPS) is 14.1. The molecular weight excluding hydrogens is 799 g/mol. The first kappa shape index (κ1) is 59.5. The second kappa shape index (κ2) is 45.1. The number of carbonyl (C=O) groups excluding carboxylic acids is 3. The molecule has 0 aliphatic carbocycles. The summed E-state index contributed by atoms with van der Waals surface area (Å²) in [5.41, 5.74) is 0. The fourth-order valence-corrected chi connectivity index (χ4v) is 6.21. The number of carbonyl (C=O) groups is 3. The molecule has 0 amide bonds. The van der Waals surface area contributed by atoms with Gasteiger partial charge in [0.25, 0.3) is 0 Å². The van der Waals surface area contributed by atoms with Crippen molar-refractivity contribution in [2.75, 3.05) is 41.0 Å². The van der Waals surface area contributed by atoms with Crippen LogP contribution in [0, 0.1) is 0 Å². The molecule has 0 bridgehead atoms. The third-order valence-corrected chi connectivity index (χ3v) is 9.97. The van der Waals surface area contributed by atoms with E-state index in [4.69, 9.17) is 14.2 Å². The Morgan fingerprint density at radius 2 is 0.938 bits per heavy atom. The zero-order chi connectivity index (χ0) is 47.0. The summed E-state index contributed by atoms with van der Waals surface area (Å²) >= 11 is 0. The van der Waals surface area contributed by atoms with Gasteiger partial charge in [-0.25, -0.2) is 0 Å². The van der Waals surface area contributed by atoms with E-state index in [-0.39, 0.29) is 49.1 Å². The molecule has 0 aromatic rings. The van der Waals surface area contributed by atoms with E-state index in [1.54, 1.807) is 21.1 Å². The number of hydrogen-bond acceptors (Lipinski definition) is 7. The van der Waals surface area contributed by atoms with E-state index < -0.39 is 18.1 Å². The van der Waals surface area contributed by atoms with Crippen molar-refractivity contribution in [3.8, 4) is 0 Å². The number of nitrogens with zero attached hydrogens (tertiary/aromatic N) is 1. The maximum atomic E-state index is 12.8. The number of carboxylic acid groups (broad SMARTS) is 1. The number of aliphatic carboxylic acids is 1. The molecule has 2 unspecified atom stereocenters. The van der Waals surface area contributed by atoms with Crippen molar-refractivity contribution in [3.63, 3.8) is 0 Å². The molecule has 0 rings (SSSR count). The molecule has 0 fully saturated rings. The quantitative estimate of drug-likeness (QED) is 0.0198. The molecule has 0 saturated carbocycles. The van der Waals surface area contributed by atoms with Crippen LogP contribution >= 0.6 is 0 Å². The fourth-order valence-electron chi connectivity index (χ4n) is 6.21. The third-order valence-electron chi connectivity index (χ3n) is 9.97. The summed E-state index contributed by atoms with van der Waals surface area (Å²) < 4.78 is 17.1. The molecular formula is C56H87NO7. The second-order valence-electron chi connectivity index (χ2n) is 16.8. The van der Waals surface area contributed by atoms with E-state index in [9.17, 15) is 19.5 Å². The van der Waals surface area contributed by atoms with Crippen molar-refractivity contribution in [1.82, 2.24) is 0 Å². The maximum Gasteiger partial charge on any atom is 0.306 e. The van der Waals surface area contributed by atoms with Crippen molar-refractivity contribution in [1.29, 1.82) is 0 Å². The summed E-state index contributed by atoms with van der Waals surface area (Å²) in [5, 5.41) is 11.7. The van der Waals surface area contributed by atoms with Gasteiger partial charge in [0.15, 0.2) is 6.10 Å². The Hall–Kier alpha value is -4.53.